The molecule has 0 saturated heterocycles. The molecule has 162 valence electrons. The van der Waals surface area contributed by atoms with Gasteiger partial charge in [-0.25, -0.2) is 5.43 Å². The van der Waals surface area contributed by atoms with Crippen molar-refractivity contribution >= 4 is 35.5 Å². The van der Waals surface area contributed by atoms with Crippen LogP contribution in [0.15, 0.2) is 81.6 Å². The normalized spacial score (nSPS) is 11.1. The molecule has 0 aliphatic carbocycles. The number of aromatic nitrogens is 3. The summed E-state index contributed by atoms with van der Waals surface area (Å²) in [5.74, 6) is 1.74. The van der Waals surface area contributed by atoms with Gasteiger partial charge < -0.3 is 9.15 Å². The van der Waals surface area contributed by atoms with E-state index in [0.717, 1.165) is 17.0 Å². The Morgan fingerprint density at radius 1 is 1.19 bits per heavy atom. The van der Waals surface area contributed by atoms with E-state index in [0.29, 0.717) is 21.8 Å². The summed E-state index contributed by atoms with van der Waals surface area (Å²) in [6, 6.07) is 18.3. The number of furan rings is 1. The number of hydrogen-bond acceptors (Lipinski definition) is 7. The molecule has 4 aromatic rings. The molecular weight excluding hydrogens is 450 g/mol. The maximum Gasteiger partial charge on any atom is 0.250 e. The third kappa shape index (κ3) is 5.19. The summed E-state index contributed by atoms with van der Waals surface area (Å²) in [5, 5.41) is 13.7. The minimum absolute atomic E-state index is 0.101. The average Bonchev–Trinajstić information content (AvgIpc) is 3.48. The van der Waals surface area contributed by atoms with Gasteiger partial charge in [0.25, 0.3) is 5.91 Å². The molecule has 0 saturated carbocycles. The molecule has 1 N–H and O–H groups in total. The fourth-order valence-electron chi connectivity index (χ4n) is 2.81. The first-order valence-electron chi connectivity index (χ1n) is 9.48. The van der Waals surface area contributed by atoms with Crippen LogP contribution in [0.1, 0.15) is 5.76 Å². The topological polar surface area (TPSA) is 94.5 Å². The first kappa shape index (κ1) is 21.7. The molecule has 2 heterocycles. The Kier molecular flexibility index (Phi) is 6.88. The molecule has 32 heavy (non-hydrogen) atoms. The third-order valence-corrected chi connectivity index (χ3v) is 5.50. The highest BCUT2D eigenvalue weighted by Gasteiger charge is 2.17. The number of nitrogens with one attached hydrogen (secondary N) is 1. The molecule has 1 amide bonds. The van der Waals surface area contributed by atoms with Crippen LogP contribution in [0, 0.1) is 0 Å². The lowest BCUT2D eigenvalue weighted by atomic mass is 10.2. The van der Waals surface area contributed by atoms with Gasteiger partial charge >= 0.3 is 0 Å². The number of halogens is 1. The lowest BCUT2D eigenvalue weighted by Gasteiger charge is -2.11. The molecule has 0 atom stereocenters. The number of hydrazone groups is 1. The van der Waals surface area contributed by atoms with Gasteiger partial charge in [-0.1, -0.05) is 23.4 Å². The summed E-state index contributed by atoms with van der Waals surface area (Å²) >= 11 is 7.31. The highest BCUT2D eigenvalue weighted by molar-refractivity contribution is 7.99. The number of amides is 1. The van der Waals surface area contributed by atoms with Gasteiger partial charge in [0.1, 0.15) is 11.5 Å². The molecule has 0 fully saturated rings. The molecular formula is C22H18ClN5O3S. The van der Waals surface area contributed by atoms with Gasteiger partial charge in [-0.2, -0.15) is 5.10 Å². The predicted molar refractivity (Wildman–Crippen MR) is 124 cm³/mol. The lowest BCUT2D eigenvalue weighted by molar-refractivity contribution is -0.118. The number of benzene rings is 2. The summed E-state index contributed by atoms with van der Waals surface area (Å²) < 4.78 is 12.2. The zero-order chi connectivity index (χ0) is 22.3. The Morgan fingerprint density at radius 2 is 1.97 bits per heavy atom. The maximum absolute atomic E-state index is 12.2. The van der Waals surface area contributed by atoms with Gasteiger partial charge in [-0.3, -0.25) is 9.36 Å². The van der Waals surface area contributed by atoms with E-state index in [9.17, 15) is 4.79 Å². The summed E-state index contributed by atoms with van der Waals surface area (Å²) in [6.07, 6.45) is 2.96. The standard InChI is InChI=1S/C22H18ClN5O3S/c1-30-18-10-4-15(5-11-18)21-26-27-22(28(21)17-8-6-16(23)7-9-17)32-14-20(29)25-24-13-19-3-2-12-31-19/h2-13H,14H2,1H3,(H,25,29). The van der Waals surface area contributed by atoms with Gasteiger partial charge in [0, 0.05) is 16.3 Å². The van der Waals surface area contributed by atoms with Crippen molar-refractivity contribution in [3.8, 4) is 22.8 Å². The molecule has 0 bridgehead atoms. The van der Waals surface area contributed by atoms with Crippen LogP contribution in [0.4, 0.5) is 0 Å². The fraction of sp³-hybridized carbons (Fsp3) is 0.0909. The van der Waals surface area contributed by atoms with Crippen molar-refractivity contribution in [2.24, 2.45) is 5.10 Å². The average molecular weight is 468 g/mol. The first-order valence-corrected chi connectivity index (χ1v) is 10.8. The van der Waals surface area contributed by atoms with Crippen molar-refractivity contribution in [1.82, 2.24) is 20.2 Å². The van der Waals surface area contributed by atoms with Crippen LogP contribution in [0.3, 0.4) is 0 Å². The van der Waals surface area contributed by atoms with Crippen LogP contribution < -0.4 is 10.2 Å². The van der Waals surface area contributed by atoms with E-state index in [-0.39, 0.29) is 11.7 Å². The van der Waals surface area contributed by atoms with Crippen LogP contribution in [-0.2, 0) is 4.79 Å². The number of ether oxygens (including phenoxy) is 1. The molecule has 2 aromatic heterocycles. The SMILES string of the molecule is COc1ccc(-c2nnc(SCC(=O)NN=Cc3ccco3)n2-c2ccc(Cl)cc2)cc1. The number of rotatable bonds is 8. The highest BCUT2D eigenvalue weighted by Crippen LogP contribution is 2.29. The van der Waals surface area contributed by atoms with Gasteiger partial charge in [-0.15, -0.1) is 10.2 Å². The monoisotopic (exact) mass is 467 g/mol. The Morgan fingerprint density at radius 3 is 2.66 bits per heavy atom. The molecule has 0 radical (unpaired) electrons. The van der Waals surface area contributed by atoms with Crippen LogP contribution >= 0.6 is 23.4 Å². The number of nitrogens with zero attached hydrogens (tertiary/aromatic N) is 4. The molecule has 0 aliphatic rings. The van der Waals surface area contributed by atoms with Crippen molar-refractivity contribution in [2.45, 2.75) is 5.16 Å². The van der Waals surface area contributed by atoms with E-state index in [1.165, 1.54) is 24.2 Å². The first-order chi connectivity index (χ1) is 15.6. The maximum atomic E-state index is 12.2. The lowest BCUT2D eigenvalue weighted by Crippen LogP contribution is -2.19. The predicted octanol–water partition coefficient (Wildman–Crippen LogP) is 4.43. The molecule has 8 nitrogen and oxygen atoms in total. The second kappa shape index (κ2) is 10.2. The zero-order valence-corrected chi connectivity index (χ0v) is 18.5. The van der Waals surface area contributed by atoms with E-state index in [4.69, 9.17) is 20.8 Å². The van der Waals surface area contributed by atoms with E-state index < -0.39 is 0 Å². The Hall–Kier alpha value is -3.56. The summed E-state index contributed by atoms with van der Waals surface area (Å²) in [7, 11) is 1.61. The summed E-state index contributed by atoms with van der Waals surface area (Å²) in [5.41, 5.74) is 4.15. The second-order valence-corrected chi connectivity index (χ2v) is 7.82. The molecule has 2 aromatic carbocycles. The molecule has 0 unspecified atom stereocenters. The Labute approximate surface area is 193 Å². The minimum atomic E-state index is -0.283. The highest BCUT2D eigenvalue weighted by atomic mass is 35.5. The van der Waals surface area contributed by atoms with Gasteiger partial charge in [-0.05, 0) is 60.7 Å². The van der Waals surface area contributed by atoms with Crippen LogP contribution in [-0.4, -0.2) is 39.7 Å². The van der Waals surface area contributed by atoms with Crippen molar-refractivity contribution in [1.29, 1.82) is 0 Å². The second-order valence-electron chi connectivity index (χ2n) is 6.44. The van der Waals surface area contributed by atoms with Gasteiger partial charge in [0.05, 0.1) is 25.3 Å². The van der Waals surface area contributed by atoms with Gasteiger partial charge in [0.2, 0.25) is 0 Å². The van der Waals surface area contributed by atoms with Crippen molar-refractivity contribution in [3.63, 3.8) is 0 Å². The largest absolute Gasteiger partial charge is 0.497 e. The summed E-state index contributed by atoms with van der Waals surface area (Å²) in [6.45, 7) is 0. The van der Waals surface area contributed by atoms with Crippen molar-refractivity contribution in [3.05, 3.63) is 77.7 Å². The summed E-state index contributed by atoms with van der Waals surface area (Å²) in [4.78, 5) is 12.2. The van der Waals surface area contributed by atoms with Crippen LogP contribution in [0.25, 0.3) is 17.1 Å². The van der Waals surface area contributed by atoms with Crippen LogP contribution in [0.2, 0.25) is 5.02 Å². The van der Waals surface area contributed by atoms with E-state index in [1.54, 1.807) is 31.4 Å². The van der Waals surface area contributed by atoms with Crippen molar-refractivity contribution < 1.29 is 13.9 Å². The molecule has 0 spiro atoms. The van der Waals surface area contributed by atoms with Crippen molar-refractivity contribution in [2.75, 3.05) is 12.9 Å². The molecule has 10 heteroatoms. The fourth-order valence-corrected chi connectivity index (χ4v) is 3.68. The van der Waals surface area contributed by atoms with E-state index >= 15 is 0 Å². The third-order valence-electron chi connectivity index (χ3n) is 4.32. The molecule has 0 aliphatic heterocycles. The number of methoxy groups -OCH3 is 1. The number of carbonyl (C=O) groups excluding carboxylic acids is 1. The number of carbonyl (C=O) groups is 1. The minimum Gasteiger partial charge on any atom is -0.497 e. The number of thioether (sulfide) groups is 1. The quantitative estimate of drug-likeness (QED) is 0.234. The Bertz CT molecular complexity index is 1210. The zero-order valence-electron chi connectivity index (χ0n) is 16.9. The van der Waals surface area contributed by atoms with Gasteiger partial charge in [0.15, 0.2) is 11.0 Å². The van der Waals surface area contributed by atoms with E-state index in [1.807, 2.05) is 41.0 Å². The smallest absolute Gasteiger partial charge is 0.250 e. The van der Waals surface area contributed by atoms with E-state index in [2.05, 4.69) is 20.7 Å². The Balaban J connectivity index is 1.55. The van der Waals surface area contributed by atoms with Crippen LogP contribution in [0.5, 0.6) is 5.75 Å². The number of hydrogen-bond donors (Lipinski definition) is 1. The molecule has 4 rings (SSSR count).